The fourth-order valence-corrected chi connectivity index (χ4v) is 5.25. The van der Waals surface area contributed by atoms with Gasteiger partial charge in [-0.3, -0.25) is 4.68 Å². The second-order valence-electron chi connectivity index (χ2n) is 5.80. The molecule has 0 radical (unpaired) electrons. The number of aromatic nitrogens is 2. The molecule has 114 valence electrons. The van der Waals surface area contributed by atoms with Gasteiger partial charge in [-0.2, -0.15) is 9.40 Å². The Morgan fingerprint density at radius 3 is 2.30 bits per heavy atom. The SMILES string of the molecule is Cc1nn(C)c(C)c1S(=O)(=O)N1CCC(N(C)C)C1C. The second kappa shape index (κ2) is 5.13. The number of rotatable bonds is 3. The van der Waals surface area contributed by atoms with Crippen LogP contribution in [0.1, 0.15) is 24.7 Å². The Hall–Kier alpha value is -0.920. The van der Waals surface area contributed by atoms with Crippen molar-refractivity contribution in [3.63, 3.8) is 0 Å². The van der Waals surface area contributed by atoms with E-state index in [1.54, 1.807) is 29.9 Å². The van der Waals surface area contributed by atoms with Gasteiger partial charge in [0.2, 0.25) is 10.0 Å². The van der Waals surface area contributed by atoms with E-state index in [-0.39, 0.29) is 12.1 Å². The third-order valence-corrected chi connectivity index (χ3v) is 6.57. The van der Waals surface area contributed by atoms with Crippen LogP contribution in [0.5, 0.6) is 0 Å². The molecule has 2 atom stereocenters. The lowest BCUT2D eigenvalue weighted by atomic mass is 10.1. The molecule has 1 aliphatic rings. The van der Waals surface area contributed by atoms with Gasteiger partial charge < -0.3 is 4.90 Å². The third-order valence-electron chi connectivity index (χ3n) is 4.33. The lowest BCUT2D eigenvalue weighted by molar-refractivity contribution is 0.250. The van der Waals surface area contributed by atoms with E-state index >= 15 is 0 Å². The van der Waals surface area contributed by atoms with Gasteiger partial charge in [0.15, 0.2) is 0 Å². The van der Waals surface area contributed by atoms with Gasteiger partial charge in [0, 0.05) is 25.7 Å². The lowest BCUT2D eigenvalue weighted by Crippen LogP contribution is -2.42. The van der Waals surface area contributed by atoms with Gasteiger partial charge in [-0.1, -0.05) is 0 Å². The average Bonchev–Trinajstić information content (AvgIpc) is 2.81. The minimum atomic E-state index is -3.47. The normalized spacial score (nSPS) is 24.8. The Morgan fingerprint density at radius 2 is 1.90 bits per heavy atom. The molecule has 0 aromatic carbocycles. The molecule has 2 rings (SSSR count). The Bertz CT molecular complexity index is 606. The molecular formula is C13H24N4O2S. The van der Waals surface area contributed by atoms with Crippen molar-refractivity contribution in [2.45, 2.75) is 44.2 Å². The number of hydrogen-bond acceptors (Lipinski definition) is 4. The third kappa shape index (κ3) is 2.27. The van der Waals surface area contributed by atoms with E-state index in [2.05, 4.69) is 10.00 Å². The van der Waals surface area contributed by atoms with Crippen LogP contribution in [-0.4, -0.2) is 60.1 Å². The Morgan fingerprint density at radius 1 is 1.30 bits per heavy atom. The molecule has 1 aromatic heterocycles. The monoisotopic (exact) mass is 300 g/mol. The van der Waals surface area contributed by atoms with Crippen molar-refractivity contribution in [1.29, 1.82) is 0 Å². The first-order valence-electron chi connectivity index (χ1n) is 6.86. The van der Waals surface area contributed by atoms with Crippen molar-refractivity contribution in [3.05, 3.63) is 11.4 Å². The molecule has 1 saturated heterocycles. The summed E-state index contributed by atoms with van der Waals surface area (Å²) in [4.78, 5) is 2.47. The fourth-order valence-electron chi connectivity index (χ4n) is 3.17. The highest BCUT2D eigenvalue weighted by molar-refractivity contribution is 7.89. The summed E-state index contributed by atoms with van der Waals surface area (Å²) in [5, 5.41) is 4.23. The van der Waals surface area contributed by atoms with Crippen molar-refractivity contribution >= 4 is 10.0 Å². The number of aryl methyl sites for hydroxylation is 2. The molecule has 0 aliphatic carbocycles. The maximum Gasteiger partial charge on any atom is 0.247 e. The van der Waals surface area contributed by atoms with E-state index < -0.39 is 10.0 Å². The fraction of sp³-hybridized carbons (Fsp3) is 0.769. The Labute approximate surface area is 121 Å². The van der Waals surface area contributed by atoms with Gasteiger partial charge in [0.1, 0.15) is 4.90 Å². The van der Waals surface area contributed by atoms with E-state index in [0.29, 0.717) is 22.8 Å². The van der Waals surface area contributed by atoms with Crippen molar-refractivity contribution in [2.75, 3.05) is 20.6 Å². The summed E-state index contributed by atoms with van der Waals surface area (Å²) in [5.74, 6) is 0. The maximum absolute atomic E-state index is 12.9. The molecule has 1 fully saturated rings. The first-order chi connectivity index (χ1) is 9.17. The van der Waals surface area contributed by atoms with E-state index in [4.69, 9.17) is 0 Å². The number of hydrogen-bond donors (Lipinski definition) is 0. The summed E-state index contributed by atoms with van der Waals surface area (Å²) < 4.78 is 29.1. The summed E-state index contributed by atoms with van der Waals surface area (Å²) >= 11 is 0. The Balaban J connectivity index is 2.42. The molecule has 0 spiro atoms. The highest BCUT2D eigenvalue weighted by Crippen LogP contribution is 2.30. The minimum absolute atomic E-state index is 0.0194. The van der Waals surface area contributed by atoms with E-state index in [1.165, 1.54) is 0 Å². The van der Waals surface area contributed by atoms with Crippen molar-refractivity contribution in [1.82, 2.24) is 19.0 Å². The van der Waals surface area contributed by atoms with Crippen LogP contribution in [-0.2, 0) is 17.1 Å². The maximum atomic E-state index is 12.9. The first kappa shape index (κ1) is 15.5. The standard InChI is InChI=1S/C13H24N4O2S/c1-9-13(11(3)16(6)14-9)20(18,19)17-8-7-12(10(17)2)15(4)5/h10,12H,7-8H2,1-6H3. The predicted molar refractivity (Wildman–Crippen MR) is 78.1 cm³/mol. The van der Waals surface area contributed by atoms with E-state index in [9.17, 15) is 8.42 Å². The zero-order valence-corrected chi connectivity index (χ0v) is 13.9. The summed E-state index contributed by atoms with van der Waals surface area (Å²) in [6.45, 7) is 6.11. The van der Waals surface area contributed by atoms with Crippen molar-refractivity contribution < 1.29 is 8.42 Å². The molecule has 2 heterocycles. The van der Waals surface area contributed by atoms with Crippen LogP contribution in [0, 0.1) is 13.8 Å². The van der Waals surface area contributed by atoms with Crippen LogP contribution in [0.4, 0.5) is 0 Å². The smallest absolute Gasteiger partial charge is 0.247 e. The zero-order valence-electron chi connectivity index (χ0n) is 13.1. The largest absolute Gasteiger partial charge is 0.305 e. The quantitative estimate of drug-likeness (QED) is 0.826. The van der Waals surface area contributed by atoms with Crippen LogP contribution in [0.15, 0.2) is 4.90 Å². The highest BCUT2D eigenvalue weighted by Gasteiger charge is 2.41. The van der Waals surface area contributed by atoms with Crippen LogP contribution < -0.4 is 0 Å². The minimum Gasteiger partial charge on any atom is -0.305 e. The van der Waals surface area contributed by atoms with E-state index in [0.717, 1.165) is 6.42 Å². The predicted octanol–water partition coefficient (Wildman–Crippen LogP) is 0.750. The van der Waals surface area contributed by atoms with Crippen LogP contribution in [0.25, 0.3) is 0 Å². The summed E-state index contributed by atoms with van der Waals surface area (Å²) in [6.07, 6.45) is 0.867. The molecule has 0 bridgehead atoms. The second-order valence-corrected chi connectivity index (χ2v) is 7.63. The molecular weight excluding hydrogens is 276 g/mol. The summed E-state index contributed by atoms with van der Waals surface area (Å²) in [5.41, 5.74) is 1.27. The van der Waals surface area contributed by atoms with Crippen LogP contribution >= 0.6 is 0 Å². The van der Waals surface area contributed by atoms with Gasteiger partial charge in [0.05, 0.1) is 11.4 Å². The Kier molecular flexibility index (Phi) is 3.96. The number of nitrogens with zero attached hydrogens (tertiary/aromatic N) is 4. The zero-order chi connectivity index (χ0) is 15.2. The van der Waals surface area contributed by atoms with Crippen LogP contribution in [0.2, 0.25) is 0 Å². The summed E-state index contributed by atoms with van der Waals surface area (Å²) in [6, 6.07) is 0.246. The topological polar surface area (TPSA) is 58.4 Å². The lowest BCUT2D eigenvalue weighted by Gasteiger charge is -2.27. The molecule has 1 aromatic rings. The van der Waals surface area contributed by atoms with Crippen LogP contribution in [0.3, 0.4) is 0 Å². The molecule has 0 N–H and O–H groups in total. The number of sulfonamides is 1. The molecule has 20 heavy (non-hydrogen) atoms. The molecule has 7 heteroatoms. The molecule has 0 amide bonds. The van der Waals surface area contributed by atoms with Gasteiger partial charge >= 0.3 is 0 Å². The highest BCUT2D eigenvalue weighted by atomic mass is 32.2. The van der Waals surface area contributed by atoms with Gasteiger partial charge in [0.25, 0.3) is 0 Å². The molecule has 6 nitrogen and oxygen atoms in total. The van der Waals surface area contributed by atoms with Gasteiger partial charge in [-0.15, -0.1) is 0 Å². The van der Waals surface area contributed by atoms with Gasteiger partial charge in [-0.25, -0.2) is 8.42 Å². The van der Waals surface area contributed by atoms with Crippen molar-refractivity contribution in [2.24, 2.45) is 7.05 Å². The first-order valence-corrected chi connectivity index (χ1v) is 8.30. The van der Waals surface area contributed by atoms with Crippen molar-refractivity contribution in [3.8, 4) is 0 Å². The van der Waals surface area contributed by atoms with E-state index in [1.807, 2.05) is 21.0 Å². The molecule has 2 unspecified atom stereocenters. The number of likely N-dealkylation sites (N-methyl/N-ethyl adjacent to an activating group) is 1. The average molecular weight is 300 g/mol. The van der Waals surface area contributed by atoms with Gasteiger partial charge in [-0.05, 0) is 41.3 Å². The molecule has 0 saturated carbocycles. The molecule has 1 aliphatic heterocycles. The summed E-state index contributed by atoms with van der Waals surface area (Å²) in [7, 11) is 2.30.